The highest BCUT2D eigenvalue weighted by Gasteiger charge is 2.21. The van der Waals surface area contributed by atoms with Crippen molar-refractivity contribution >= 4 is 38.9 Å². The van der Waals surface area contributed by atoms with Gasteiger partial charge in [0.1, 0.15) is 4.88 Å². The lowest BCUT2D eigenvalue weighted by atomic mass is 10.1. The third-order valence-corrected chi connectivity index (χ3v) is 4.23. The molecule has 109 valence electrons. The monoisotopic (exact) mass is 368 g/mol. The minimum absolute atomic E-state index is 0.0494. The minimum atomic E-state index is -0.460. The summed E-state index contributed by atoms with van der Waals surface area (Å²) in [7, 11) is 0. The van der Waals surface area contributed by atoms with Crippen molar-refractivity contribution in [3.63, 3.8) is 0 Å². The normalized spacial score (nSPS) is 10.4. The predicted octanol–water partition coefficient (Wildman–Crippen LogP) is 4.44. The van der Waals surface area contributed by atoms with Crippen LogP contribution >= 0.6 is 27.3 Å². The average Bonchev–Trinajstić information content (AvgIpc) is 2.87. The minimum Gasteiger partial charge on any atom is -0.462 e. The lowest BCUT2D eigenvalue weighted by Crippen LogP contribution is -2.01. The molecule has 0 saturated heterocycles. The van der Waals surface area contributed by atoms with Gasteiger partial charge >= 0.3 is 5.97 Å². The molecule has 0 atom stereocenters. The maximum Gasteiger partial charge on any atom is 0.348 e. The molecule has 0 bridgehead atoms. The van der Waals surface area contributed by atoms with Crippen LogP contribution in [0.25, 0.3) is 10.4 Å². The van der Waals surface area contributed by atoms with Crippen molar-refractivity contribution < 1.29 is 14.5 Å². The Balaban J connectivity index is 2.52. The first-order valence-corrected chi connectivity index (χ1v) is 7.62. The first kappa shape index (κ1) is 15.7. The van der Waals surface area contributed by atoms with E-state index in [9.17, 15) is 14.9 Å². The molecule has 1 heterocycles. The Hall–Kier alpha value is -1.73. The SMILES string of the molecule is [CH2]c1cc(Br)cc([N+](=O)[O-])c1-c1ccc(C(=O)OCC)s1. The number of rotatable bonds is 4. The fourth-order valence-corrected chi connectivity index (χ4v) is 3.34. The Labute approximate surface area is 133 Å². The lowest BCUT2D eigenvalue weighted by molar-refractivity contribution is -0.384. The van der Waals surface area contributed by atoms with Gasteiger partial charge in [-0.15, -0.1) is 11.3 Å². The third kappa shape index (κ3) is 3.30. The van der Waals surface area contributed by atoms with E-state index >= 15 is 0 Å². The molecule has 0 spiro atoms. The van der Waals surface area contributed by atoms with Crippen LogP contribution < -0.4 is 0 Å². The first-order chi connectivity index (χ1) is 9.93. The summed E-state index contributed by atoms with van der Waals surface area (Å²) in [5, 5.41) is 11.2. The summed E-state index contributed by atoms with van der Waals surface area (Å²) in [6.07, 6.45) is 0. The first-order valence-electron chi connectivity index (χ1n) is 6.01. The van der Waals surface area contributed by atoms with E-state index < -0.39 is 10.9 Å². The molecular formula is C14H11BrNO4S. The number of esters is 1. The van der Waals surface area contributed by atoms with Crippen LogP contribution in [0.3, 0.4) is 0 Å². The summed E-state index contributed by atoms with van der Waals surface area (Å²) in [6, 6.07) is 6.39. The molecule has 0 aliphatic carbocycles. The molecule has 0 N–H and O–H groups in total. The van der Waals surface area contributed by atoms with E-state index in [0.717, 1.165) is 11.3 Å². The highest BCUT2D eigenvalue weighted by molar-refractivity contribution is 9.10. The van der Waals surface area contributed by atoms with Gasteiger partial charge in [-0.25, -0.2) is 4.79 Å². The van der Waals surface area contributed by atoms with Crippen LogP contribution in [0.5, 0.6) is 0 Å². The Morgan fingerprint density at radius 1 is 1.48 bits per heavy atom. The van der Waals surface area contributed by atoms with Gasteiger partial charge in [-0.2, -0.15) is 0 Å². The quantitative estimate of drug-likeness (QED) is 0.454. The number of hydrogen-bond acceptors (Lipinski definition) is 5. The standard InChI is InChI=1S/C14H11BrNO4S/c1-3-20-14(17)12-5-4-11(21-12)13-8(2)6-9(15)7-10(13)16(18)19/h4-7H,2-3H2,1H3. The maximum absolute atomic E-state index is 11.7. The fourth-order valence-electron chi connectivity index (χ4n) is 1.86. The van der Waals surface area contributed by atoms with Crippen molar-refractivity contribution in [1.82, 2.24) is 0 Å². The Bertz CT molecular complexity index is 711. The molecule has 0 aliphatic rings. The summed E-state index contributed by atoms with van der Waals surface area (Å²) < 4.78 is 5.51. The molecule has 0 amide bonds. The molecule has 7 heteroatoms. The van der Waals surface area contributed by atoms with E-state index in [4.69, 9.17) is 4.74 Å². The molecule has 1 aromatic heterocycles. The molecule has 1 aromatic carbocycles. The zero-order chi connectivity index (χ0) is 15.6. The van der Waals surface area contributed by atoms with Crippen molar-refractivity contribution in [2.24, 2.45) is 0 Å². The number of nitrogens with zero attached hydrogens (tertiary/aromatic N) is 1. The van der Waals surface area contributed by atoms with Gasteiger partial charge in [-0.05, 0) is 37.6 Å². The maximum atomic E-state index is 11.7. The van der Waals surface area contributed by atoms with Crippen molar-refractivity contribution in [2.45, 2.75) is 6.92 Å². The van der Waals surface area contributed by atoms with Crippen LogP contribution in [0.1, 0.15) is 22.2 Å². The second kappa shape index (κ2) is 6.36. The molecule has 21 heavy (non-hydrogen) atoms. The van der Waals surface area contributed by atoms with E-state index in [-0.39, 0.29) is 12.3 Å². The van der Waals surface area contributed by atoms with Gasteiger partial charge in [0.25, 0.3) is 5.69 Å². The highest BCUT2D eigenvalue weighted by Crippen LogP contribution is 2.39. The van der Waals surface area contributed by atoms with Crippen molar-refractivity contribution in [2.75, 3.05) is 6.61 Å². The van der Waals surface area contributed by atoms with Crippen LogP contribution in [-0.2, 0) is 4.74 Å². The van der Waals surface area contributed by atoms with Crippen LogP contribution in [0.15, 0.2) is 28.7 Å². The summed E-state index contributed by atoms with van der Waals surface area (Å²) in [4.78, 5) is 23.5. The highest BCUT2D eigenvalue weighted by atomic mass is 79.9. The Kier molecular flexibility index (Phi) is 4.74. The number of carbonyl (C=O) groups is 1. The average molecular weight is 369 g/mol. The molecule has 0 aliphatic heterocycles. The molecule has 0 fully saturated rings. The molecule has 2 rings (SSSR count). The van der Waals surface area contributed by atoms with Crippen LogP contribution in [0.4, 0.5) is 5.69 Å². The number of carbonyl (C=O) groups excluding carboxylic acids is 1. The number of thiophene rings is 1. The number of ether oxygens (including phenoxy) is 1. The van der Waals surface area contributed by atoms with Crippen molar-refractivity contribution in [3.8, 4) is 10.4 Å². The molecule has 0 unspecified atom stereocenters. The number of nitro groups is 1. The smallest absolute Gasteiger partial charge is 0.348 e. The molecule has 1 radical (unpaired) electrons. The zero-order valence-corrected chi connectivity index (χ0v) is 13.5. The summed E-state index contributed by atoms with van der Waals surface area (Å²) in [5.41, 5.74) is 0.892. The molecule has 5 nitrogen and oxygen atoms in total. The second-order valence-electron chi connectivity index (χ2n) is 4.10. The summed E-state index contributed by atoms with van der Waals surface area (Å²) in [5.74, 6) is -0.431. The molecular weight excluding hydrogens is 358 g/mol. The van der Waals surface area contributed by atoms with E-state index in [1.807, 2.05) is 0 Å². The van der Waals surface area contributed by atoms with E-state index in [1.165, 1.54) is 6.07 Å². The molecule has 2 aromatic rings. The summed E-state index contributed by atoms with van der Waals surface area (Å²) in [6.45, 7) is 5.85. The van der Waals surface area contributed by atoms with E-state index in [1.54, 1.807) is 25.1 Å². The number of nitro benzene ring substituents is 1. The van der Waals surface area contributed by atoms with Crippen molar-refractivity contribution in [1.29, 1.82) is 0 Å². The molecule has 0 saturated carbocycles. The van der Waals surface area contributed by atoms with Crippen LogP contribution in [0, 0.1) is 17.0 Å². The fraction of sp³-hybridized carbons (Fsp3) is 0.143. The second-order valence-corrected chi connectivity index (χ2v) is 6.10. The van der Waals surface area contributed by atoms with E-state index in [2.05, 4.69) is 22.9 Å². The topological polar surface area (TPSA) is 69.4 Å². The largest absolute Gasteiger partial charge is 0.462 e. The van der Waals surface area contributed by atoms with Gasteiger partial charge in [0.2, 0.25) is 0 Å². The summed E-state index contributed by atoms with van der Waals surface area (Å²) >= 11 is 4.37. The van der Waals surface area contributed by atoms with Gasteiger partial charge in [0, 0.05) is 15.4 Å². The zero-order valence-electron chi connectivity index (χ0n) is 11.1. The van der Waals surface area contributed by atoms with Gasteiger partial charge in [0.05, 0.1) is 17.1 Å². The lowest BCUT2D eigenvalue weighted by Gasteiger charge is -2.05. The number of hydrogen-bond donors (Lipinski definition) is 0. The Morgan fingerprint density at radius 2 is 2.19 bits per heavy atom. The Morgan fingerprint density at radius 3 is 2.81 bits per heavy atom. The van der Waals surface area contributed by atoms with Gasteiger partial charge < -0.3 is 4.74 Å². The van der Waals surface area contributed by atoms with Gasteiger partial charge in [0.15, 0.2) is 0 Å². The van der Waals surface area contributed by atoms with Gasteiger partial charge in [-0.1, -0.05) is 15.9 Å². The van der Waals surface area contributed by atoms with Crippen molar-refractivity contribution in [3.05, 3.63) is 56.2 Å². The number of halogens is 1. The van der Waals surface area contributed by atoms with E-state index in [0.29, 0.717) is 25.4 Å². The predicted molar refractivity (Wildman–Crippen MR) is 84.5 cm³/mol. The third-order valence-electron chi connectivity index (χ3n) is 2.69. The van der Waals surface area contributed by atoms with Gasteiger partial charge in [-0.3, -0.25) is 10.1 Å². The van der Waals surface area contributed by atoms with Crippen LogP contribution in [-0.4, -0.2) is 17.5 Å². The number of benzene rings is 1. The van der Waals surface area contributed by atoms with Crippen LogP contribution in [0.2, 0.25) is 0 Å².